The molecule has 2 aromatic rings. The molecule has 1 aromatic carbocycles. The number of likely N-dealkylation sites (tertiary alicyclic amines) is 1. The van der Waals surface area contributed by atoms with Crippen LogP contribution < -0.4 is 0 Å². The van der Waals surface area contributed by atoms with Gasteiger partial charge in [0.05, 0.1) is 6.10 Å². The molecule has 2 atom stereocenters. The molecule has 0 aliphatic carbocycles. The smallest absolute Gasteiger partial charge is 0.378 e. The van der Waals surface area contributed by atoms with E-state index in [1.165, 1.54) is 12.1 Å². The lowest BCUT2D eigenvalue weighted by Crippen LogP contribution is -2.64. The van der Waals surface area contributed by atoms with Crippen molar-refractivity contribution >= 4 is 11.3 Å². The monoisotopic (exact) mass is 491 g/mol. The number of alkyl halides is 6. The van der Waals surface area contributed by atoms with E-state index in [1.807, 2.05) is 17.5 Å². The number of rotatable bonds is 6. The second-order valence-electron chi connectivity index (χ2n) is 9.19. The van der Waals surface area contributed by atoms with Crippen LogP contribution in [0, 0.1) is 12.3 Å². The van der Waals surface area contributed by atoms with Gasteiger partial charge in [-0.05, 0) is 56.0 Å². The van der Waals surface area contributed by atoms with Gasteiger partial charge in [0.1, 0.15) is 0 Å². The third-order valence-electron chi connectivity index (χ3n) is 7.21. The Morgan fingerprint density at radius 1 is 1.06 bits per heavy atom. The summed E-state index contributed by atoms with van der Waals surface area (Å²) in [6.45, 7) is 1.52. The highest BCUT2D eigenvalue weighted by atomic mass is 32.1. The lowest BCUT2D eigenvalue weighted by molar-refractivity contribution is -0.347. The SMILES string of the molecule is Cc1ccc(C(N2CCC(CCc3cccs3)(C3CCCO3)C2)(C(F)(F)F)C(F)(F)F)cc1. The van der Waals surface area contributed by atoms with Gasteiger partial charge in [-0.15, -0.1) is 11.3 Å². The molecule has 0 saturated carbocycles. The first-order chi connectivity index (χ1) is 15.5. The summed E-state index contributed by atoms with van der Waals surface area (Å²) in [5, 5.41) is 1.92. The van der Waals surface area contributed by atoms with E-state index in [9.17, 15) is 26.3 Å². The quantitative estimate of drug-likeness (QED) is 0.409. The number of nitrogens with zero attached hydrogens (tertiary/aromatic N) is 1. The van der Waals surface area contributed by atoms with E-state index in [0.717, 1.165) is 23.4 Å². The van der Waals surface area contributed by atoms with Gasteiger partial charge in [-0.3, -0.25) is 4.90 Å². The molecule has 2 nitrogen and oxygen atoms in total. The summed E-state index contributed by atoms with van der Waals surface area (Å²) in [5.74, 6) is 0. The van der Waals surface area contributed by atoms with Crippen molar-refractivity contribution in [2.75, 3.05) is 19.7 Å². The first-order valence-corrected chi connectivity index (χ1v) is 12.0. The van der Waals surface area contributed by atoms with Crippen molar-refractivity contribution in [3.8, 4) is 0 Å². The lowest BCUT2D eigenvalue weighted by Gasteiger charge is -2.45. The van der Waals surface area contributed by atoms with Crippen LogP contribution in [-0.2, 0) is 16.7 Å². The molecule has 2 unspecified atom stereocenters. The van der Waals surface area contributed by atoms with Crippen molar-refractivity contribution in [2.24, 2.45) is 5.41 Å². The highest BCUT2D eigenvalue weighted by Crippen LogP contribution is 2.58. The Labute approximate surface area is 193 Å². The van der Waals surface area contributed by atoms with E-state index in [-0.39, 0.29) is 25.6 Å². The maximum Gasteiger partial charge on any atom is 0.419 e. The average molecular weight is 492 g/mol. The van der Waals surface area contributed by atoms with Crippen LogP contribution >= 0.6 is 11.3 Å². The minimum absolute atomic E-state index is 0.239. The minimum atomic E-state index is -5.54. The van der Waals surface area contributed by atoms with E-state index in [4.69, 9.17) is 4.74 Å². The third-order valence-corrected chi connectivity index (χ3v) is 8.15. The number of hydrogen-bond acceptors (Lipinski definition) is 3. The van der Waals surface area contributed by atoms with Crippen LogP contribution in [0.15, 0.2) is 41.8 Å². The van der Waals surface area contributed by atoms with Crippen LogP contribution in [0.4, 0.5) is 26.3 Å². The molecule has 182 valence electrons. The Kier molecular flexibility index (Phi) is 6.61. The van der Waals surface area contributed by atoms with Crippen molar-refractivity contribution in [1.82, 2.24) is 4.90 Å². The summed E-state index contributed by atoms with van der Waals surface area (Å²) in [5.41, 5.74) is -5.00. The van der Waals surface area contributed by atoms with Crippen LogP contribution in [0.3, 0.4) is 0 Å². The van der Waals surface area contributed by atoms with E-state index >= 15 is 0 Å². The first kappa shape index (κ1) is 24.5. The zero-order valence-electron chi connectivity index (χ0n) is 18.3. The van der Waals surface area contributed by atoms with Crippen molar-refractivity contribution < 1.29 is 31.1 Å². The Hall–Kier alpha value is -1.58. The normalized spacial score (nSPS) is 25.1. The van der Waals surface area contributed by atoms with Crippen LogP contribution in [-0.4, -0.2) is 43.1 Å². The second kappa shape index (κ2) is 8.89. The summed E-state index contributed by atoms with van der Waals surface area (Å²) in [6.07, 6.45) is -8.64. The molecular formula is C24H27F6NOS. The first-order valence-electron chi connectivity index (χ1n) is 11.1. The van der Waals surface area contributed by atoms with Gasteiger partial charge >= 0.3 is 12.4 Å². The number of aryl methyl sites for hydroxylation is 2. The summed E-state index contributed by atoms with van der Waals surface area (Å²) < 4.78 is 93.2. The van der Waals surface area contributed by atoms with Crippen molar-refractivity contribution in [1.29, 1.82) is 0 Å². The van der Waals surface area contributed by atoms with Gasteiger partial charge in [0, 0.05) is 30.0 Å². The fourth-order valence-corrected chi connectivity index (χ4v) is 6.23. The largest absolute Gasteiger partial charge is 0.419 e. The number of benzene rings is 1. The summed E-state index contributed by atoms with van der Waals surface area (Å²) in [6, 6.07) is 8.39. The van der Waals surface area contributed by atoms with Crippen molar-refractivity contribution in [3.63, 3.8) is 0 Å². The molecule has 9 heteroatoms. The van der Waals surface area contributed by atoms with Crippen LogP contribution in [0.5, 0.6) is 0 Å². The molecule has 3 heterocycles. The Morgan fingerprint density at radius 2 is 1.76 bits per heavy atom. The molecule has 2 fully saturated rings. The molecule has 2 aliphatic rings. The van der Waals surface area contributed by atoms with E-state index in [1.54, 1.807) is 18.3 Å². The zero-order chi connectivity index (χ0) is 23.9. The van der Waals surface area contributed by atoms with Gasteiger partial charge in [-0.1, -0.05) is 35.9 Å². The summed E-state index contributed by atoms with van der Waals surface area (Å²) >= 11 is 1.55. The van der Waals surface area contributed by atoms with Gasteiger partial charge < -0.3 is 4.74 Å². The molecule has 2 saturated heterocycles. The molecule has 0 amide bonds. The molecule has 0 N–H and O–H groups in total. The summed E-state index contributed by atoms with van der Waals surface area (Å²) in [7, 11) is 0. The molecular weight excluding hydrogens is 464 g/mol. The predicted octanol–water partition coefficient (Wildman–Crippen LogP) is 6.88. The molecule has 0 spiro atoms. The average Bonchev–Trinajstić information content (AvgIpc) is 3.49. The van der Waals surface area contributed by atoms with Gasteiger partial charge in [-0.2, -0.15) is 26.3 Å². The number of hydrogen-bond donors (Lipinski definition) is 0. The fraction of sp³-hybridized carbons (Fsp3) is 0.583. The van der Waals surface area contributed by atoms with Crippen LogP contribution in [0.1, 0.15) is 41.7 Å². The maximum absolute atomic E-state index is 14.6. The number of thiophene rings is 1. The second-order valence-corrected chi connectivity index (χ2v) is 10.2. The van der Waals surface area contributed by atoms with Crippen LogP contribution in [0.2, 0.25) is 0 Å². The van der Waals surface area contributed by atoms with Gasteiger partial charge in [0.25, 0.3) is 0 Å². The van der Waals surface area contributed by atoms with E-state index in [0.29, 0.717) is 36.3 Å². The van der Waals surface area contributed by atoms with Gasteiger partial charge in [0.2, 0.25) is 5.54 Å². The zero-order valence-corrected chi connectivity index (χ0v) is 19.1. The predicted molar refractivity (Wildman–Crippen MR) is 115 cm³/mol. The Bertz CT molecular complexity index is 904. The standard InChI is InChI=1S/C24H27F6NOS/c1-17-6-8-18(9-7-17)22(23(25,26)27,24(28,29)30)31-13-12-21(16-31,20-5-2-14-32-20)11-10-19-4-3-15-33-19/h3-4,6-9,15,20H,2,5,10-14,16H2,1H3. The number of halogens is 6. The lowest BCUT2D eigenvalue weighted by atomic mass is 9.75. The topological polar surface area (TPSA) is 12.5 Å². The molecule has 0 radical (unpaired) electrons. The minimum Gasteiger partial charge on any atom is -0.378 e. The van der Waals surface area contributed by atoms with E-state index < -0.39 is 28.9 Å². The maximum atomic E-state index is 14.6. The number of ether oxygens (including phenoxy) is 1. The third kappa shape index (κ3) is 4.32. The summed E-state index contributed by atoms with van der Waals surface area (Å²) in [4.78, 5) is 1.70. The van der Waals surface area contributed by atoms with Crippen molar-refractivity contribution in [3.05, 3.63) is 57.8 Å². The van der Waals surface area contributed by atoms with Crippen LogP contribution in [0.25, 0.3) is 0 Å². The Morgan fingerprint density at radius 3 is 2.30 bits per heavy atom. The molecule has 33 heavy (non-hydrogen) atoms. The Balaban J connectivity index is 1.75. The van der Waals surface area contributed by atoms with Crippen molar-refractivity contribution in [2.45, 2.75) is 63.0 Å². The molecule has 2 aliphatic heterocycles. The molecule has 4 rings (SSSR count). The molecule has 0 bridgehead atoms. The highest BCUT2D eigenvalue weighted by Gasteiger charge is 2.76. The fourth-order valence-electron chi connectivity index (χ4n) is 5.52. The van der Waals surface area contributed by atoms with Gasteiger partial charge in [0.15, 0.2) is 0 Å². The van der Waals surface area contributed by atoms with Gasteiger partial charge in [-0.25, -0.2) is 0 Å². The highest BCUT2D eigenvalue weighted by molar-refractivity contribution is 7.09. The van der Waals surface area contributed by atoms with E-state index in [2.05, 4.69) is 0 Å². The molecule has 1 aromatic heterocycles.